The number of benzene rings is 2. The topological polar surface area (TPSA) is 94.2 Å². The smallest absolute Gasteiger partial charge is 0.347 e. The Bertz CT molecular complexity index is 1090. The van der Waals surface area contributed by atoms with Crippen molar-refractivity contribution in [3.8, 4) is 11.5 Å². The zero-order valence-corrected chi connectivity index (χ0v) is 20.7. The highest BCUT2D eigenvalue weighted by molar-refractivity contribution is 9.13. The first-order valence-corrected chi connectivity index (χ1v) is 11.2. The molecule has 3 rings (SSSR count). The highest BCUT2D eigenvalue weighted by atomic mass is 79.9. The van der Waals surface area contributed by atoms with Crippen molar-refractivity contribution in [2.45, 2.75) is 20.0 Å². The third-order valence-electron chi connectivity index (χ3n) is 4.49. The number of hydrazine groups is 1. The minimum absolute atomic E-state index is 0.0444. The van der Waals surface area contributed by atoms with Gasteiger partial charge >= 0.3 is 5.97 Å². The molecule has 1 aliphatic heterocycles. The van der Waals surface area contributed by atoms with Gasteiger partial charge in [0.05, 0.1) is 23.9 Å². The summed E-state index contributed by atoms with van der Waals surface area (Å²) in [6.07, 6.45) is 0.578. The number of amides is 2. The van der Waals surface area contributed by atoms with E-state index in [2.05, 4.69) is 37.3 Å². The second-order valence-electron chi connectivity index (χ2n) is 6.61. The number of para-hydroxylation sites is 1. The Kier molecular flexibility index (Phi) is 7.57. The minimum atomic E-state index is -0.877. The van der Waals surface area contributed by atoms with Crippen molar-refractivity contribution in [3.05, 3.63) is 56.5 Å². The standard InChI is InChI=1S/C22H20Br2N2O6/c1-4-31-22(29)12(2)32-19-16(30-3)11-13(17(23)18(19)24)10-15-20(27)25-26(21(15)28)14-8-6-5-7-9-14/h5-12H,4H2,1-3H3,(H,25,27)/b15-10-/t12-/m1/s1. The molecule has 1 saturated heterocycles. The van der Waals surface area contributed by atoms with Gasteiger partial charge in [0.15, 0.2) is 17.6 Å². The quantitative estimate of drug-likeness (QED) is 0.309. The molecule has 168 valence electrons. The van der Waals surface area contributed by atoms with Crippen LogP contribution >= 0.6 is 31.9 Å². The number of rotatable bonds is 7. The van der Waals surface area contributed by atoms with Crippen molar-refractivity contribution in [2.24, 2.45) is 0 Å². The molecule has 0 radical (unpaired) electrons. The Morgan fingerprint density at radius 3 is 2.50 bits per heavy atom. The molecule has 1 atom stereocenters. The van der Waals surface area contributed by atoms with Gasteiger partial charge in [-0.3, -0.25) is 15.0 Å². The van der Waals surface area contributed by atoms with E-state index in [9.17, 15) is 14.4 Å². The van der Waals surface area contributed by atoms with Crippen molar-refractivity contribution in [1.29, 1.82) is 0 Å². The third kappa shape index (κ3) is 4.81. The number of anilines is 1. The number of carbonyl (C=O) groups is 3. The summed E-state index contributed by atoms with van der Waals surface area (Å²) in [7, 11) is 1.44. The van der Waals surface area contributed by atoms with E-state index in [1.54, 1.807) is 44.2 Å². The molecule has 0 aliphatic carbocycles. The molecule has 10 heteroatoms. The monoisotopic (exact) mass is 566 g/mol. The summed E-state index contributed by atoms with van der Waals surface area (Å²) in [5, 5.41) is 1.19. The van der Waals surface area contributed by atoms with E-state index in [1.165, 1.54) is 18.2 Å². The van der Waals surface area contributed by atoms with E-state index in [1.807, 2.05) is 6.07 Å². The highest BCUT2D eigenvalue weighted by Crippen LogP contribution is 2.44. The molecule has 1 fully saturated rings. The van der Waals surface area contributed by atoms with E-state index >= 15 is 0 Å². The SMILES string of the molecule is CCOC(=O)[C@@H](C)Oc1c(OC)cc(/C=C2/C(=O)NN(c3ccccc3)C2=O)c(Br)c1Br. The number of halogens is 2. The molecule has 1 heterocycles. The number of esters is 1. The summed E-state index contributed by atoms with van der Waals surface area (Å²) in [6, 6.07) is 10.4. The first-order valence-electron chi connectivity index (χ1n) is 9.59. The molecule has 2 aromatic carbocycles. The van der Waals surface area contributed by atoms with Crippen molar-refractivity contribution in [2.75, 3.05) is 18.7 Å². The summed E-state index contributed by atoms with van der Waals surface area (Å²) in [5.41, 5.74) is 3.56. The van der Waals surface area contributed by atoms with Gasteiger partial charge in [-0.1, -0.05) is 18.2 Å². The van der Waals surface area contributed by atoms with Crippen LogP contribution in [0.15, 0.2) is 50.9 Å². The number of methoxy groups -OCH3 is 1. The van der Waals surface area contributed by atoms with Gasteiger partial charge in [-0.05, 0) is 75.5 Å². The van der Waals surface area contributed by atoms with E-state index in [-0.39, 0.29) is 17.9 Å². The van der Waals surface area contributed by atoms with Crippen LogP contribution < -0.4 is 19.9 Å². The second-order valence-corrected chi connectivity index (χ2v) is 8.20. The van der Waals surface area contributed by atoms with Crippen LogP contribution in [0, 0.1) is 0 Å². The Labute approximate surface area is 201 Å². The fourth-order valence-electron chi connectivity index (χ4n) is 2.93. The summed E-state index contributed by atoms with van der Waals surface area (Å²) in [6.45, 7) is 3.50. The molecule has 32 heavy (non-hydrogen) atoms. The third-order valence-corrected chi connectivity index (χ3v) is 6.64. The number of nitrogens with zero attached hydrogens (tertiary/aromatic N) is 1. The summed E-state index contributed by atoms with van der Waals surface area (Å²) in [4.78, 5) is 37.3. The Balaban J connectivity index is 1.96. The average molecular weight is 568 g/mol. The maximum Gasteiger partial charge on any atom is 0.347 e. The molecule has 1 aliphatic rings. The van der Waals surface area contributed by atoms with Crippen LogP contribution in [0.25, 0.3) is 6.08 Å². The molecule has 8 nitrogen and oxygen atoms in total. The lowest BCUT2D eigenvalue weighted by Crippen LogP contribution is -2.35. The summed E-state index contributed by atoms with van der Waals surface area (Å²) >= 11 is 6.90. The maximum atomic E-state index is 12.9. The number of ether oxygens (including phenoxy) is 3. The van der Waals surface area contributed by atoms with Crippen LogP contribution in [0.2, 0.25) is 0 Å². The molecular weight excluding hydrogens is 548 g/mol. The molecule has 2 aromatic rings. The lowest BCUT2D eigenvalue weighted by atomic mass is 10.1. The fraction of sp³-hybridized carbons (Fsp3) is 0.227. The normalized spacial score (nSPS) is 15.5. The maximum absolute atomic E-state index is 12.9. The van der Waals surface area contributed by atoms with Crippen LogP contribution in [0.4, 0.5) is 5.69 Å². The predicted molar refractivity (Wildman–Crippen MR) is 125 cm³/mol. The number of hydrogen-bond acceptors (Lipinski definition) is 6. The van der Waals surface area contributed by atoms with Gasteiger partial charge in [-0.2, -0.15) is 0 Å². The van der Waals surface area contributed by atoms with Crippen molar-refractivity contribution < 1.29 is 28.6 Å². The average Bonchev–Trinajstić information content (AvgIpc) is 3.07. The molecule has 0 spiro atoms. The molecule has 0 bridgehead atoms. The van der Waals surface area contributed by atoms with Gasteiger partial charge in [0.25, 0.3) is 11.8 Å². The molecular formula is C22H20Br2N2O6. The van der Waals surface area contributed by atoms with E-state index in [0.29, 0.717) is 25.9 Å². The van der Waals surface area contributed by atoms with Crippen molar-refractivity contribution in [3.63, 3.8) is 0 Å². The molecule has 2 amide bonds. The van der Waals surface area contributed by atoms with E-state index in [4.69, 9.17) is 14.2 Å². The van der Waals surface area contributed by atoms with E-state index < -0.39 is 23.9 Å². The van der Waals surface area contributed by atoms with Gasteiger partial charge in [0, 0.05) is 4.47 Å². The Morgan fingerprint density at radius 1 is 1.19 bits per heavy atom. The number of nitrogens with one attached hydrogen (secondary N) is 1. The Morgan fingerprint density at radius 2 is 1.88 bits per heavy atom. The second kappa shape index (κ2) is 10.2. The summed E-state index contributed by atoms with van der Waals surface area (Å²) in [5.74, 6) is -0.960. The lowest BCUT2D eigenvalue weighted by molar-refractivity contribution is -0.150. The van der Waals surface area contributed by atoms with E-state index in [0.717, 1.165) is 0 Å². The van der Waals surface area contributed by atoms with Crippen LogP contribution in [0.5, 0.6) is 11.5 Å². The van der Waals surface area contributed by atoms with Gasteiger partial charge < -0.3 is 14.2 Å². The predicted octanol–water partition coefficient (Wildman–Crippen LogP) is 4.01. The number of hydrogen-bond donors (Lipinski definition) is 1. The van der Waals surface area contributed by atoms with Crippen LogP contribution in [0.3, 0.4) is 0 Å². The van der Waals surface area contributed by atoms with Crippen LogP contribution in [-0.4, -0.2) is 37.6 Å². The first-order chi connectivity index (χ1) is 15.3. The highest BCUT2D eigenvalue weighted by Gasteiger charge is 2.35. The Hall–Kier alpha value is -2.85. The number of carbonyl (C=O) groups excluding carboxylic acids is 3. The molecule has 1 N–H and O–H groups in total. The largest absolute Gasteiger partial charge is 0.493 e. The van der Waals surface area contributed by atoms with Gasteiger partial charge in [0.1, 0.15) is 5.57 Å². The zero-order valence-electron chi connectivity index (χ0n) is 17.5. The zero-order chi connectivity index (χ0) is 23.4. The summed E-state index contributed by atoms with van der Waals surface area (Å²) < 4.78 is 17.1. The fourth-order valence-corrected chi connectivity index (χ4v) is 3.85. The van der Waals surface area contributed by atoms with Gasteiger partial charge in [0.2, 0.25) is 0 Å². The minimum Gasteiger partial charge on any atom is -0.493 e. The van der Waals surface area contributed by atoms with Gasteiger partial charge in [-0.25, -0.2) is 9.80 Å². The van der Waals surface area contributed by atoms with Gasteiger partial charge in [-0.15, -0.1) is 0 Å². The van der Waals surface area contributed by atoms with Crippen molar-refractivity contribution >= 4 is 61.4 Å². The van der Waals surface area contributed by atoms with Crippen LogP contribution in [-0.2, 0) is 19.1 Å². The lowest BCUT2D eigenvalue weighted by Gasteiger charge is -2.19. The molecule has 0 aromatic heterocycles. The first kappa shape index (κ1) is 23.8. The molecule has 0 unspecified atom stereocenters. The van der Waals surface area contributed by atoms with Crippen LogP contribution in [0.1, 0.15) is 19.4 Å². The van der Waals surface area contributed by atoms with Crippen molar-refractivity contribution in [1.82, 2.24) is 5.43 Å². The molecule has 0 saturated carbocycles.